The minimum atomic E-state index is -0.308. The van der Waals surface area contributed by atoms with Gasteiger partial charge in [-0.2, -0.15) is 0 Å². The van der Waals surface area contributed by atoms with Gasteiger partial charge in [-0.1, -0.05) is 51.4 Å². The highest BCUT2D eigenvalue weighted by Crippen LogP contribution is 2.17. The first-order valence-corrected chi connectivity index (χ1v) is 11.7. The second-order valence-electron chi connectivity index (χ2n) is 8.38. The van der Waals surface area contributed by atoms with E-state index in [0.717, 1.165) is 42.8 Å². The largest absolute Gasteiger partial charge is 0.371 e. The molecule has 0 atom stereocenters. The molecule has 0 radical (unpaired) electrons. The van der Waals surface area contributed by atoms with Crippen molar-refractivity contribution in [2.45, 2.75) is 84.2 Å². The molecule has 0 aromatic carbocycles. The summed E-state index contributed by atoms with van der Waals surface area (Å²) in [5, 5.41) is 3.06. The Balaban J connectivity index is 1.20. The van der Waals surface area contributed by atoms with Crippen LogP contribution in [0.15, 0.2) is 28.4 Å². The van der Waals surface area contributed by atoms with Crippen molar-refractivity contribution >= 4 is 17.0 Å². The molecular weight excluding hydrogens is 406 g/mol. The molecule has 2 N–H and O–H groups in total. The van der Waals surface area contributed by atoms with Gasteiger partial charge >= 0.3 is 5.69 Å². The summed E-state index contributed by atoms with van der Waals surface area (Å²) in [6, 6.07) is 0. The maximum absolute atomic E-state index is 11.8. The number of aryl methyl sites for hydroxylation is 3. The fourth-order valence-corrected chi connectivity index (χ4v) is 3.99. The quantitative estimate of drug-likeness (QED) is 0.370. The standard InChI is InChI=1S/C23H35N7O2/c1-18-15-29(23(32)28-22(18)31)13-11-9-7-5-3-4-6-8-10-12-14-30-17-27-19-20(24-2)25-16-26-21(19)30/h15-17H,3-14H2,1-2H3,(H,24,25,26)(H,28,31,32). The van der Waals surface area contributed by atoms with E-state index in [9.17, 15) is 9.59 Å². The molecular formula is C23H35N7O2. The van der Waals surface area contributed by atoms with E-state index in [2.05, 4.69) is 29.8 Å². The molecule has 32 heavy (non-hydrogen) atoms. The van der Waals surface area contributed by atoms with Crippen molar-refractivity contribution in [1.82, 2.24) is 29.1 Å². The van der Waals surface area contributed by atoms with Crippen LogP contribution in [-0.2, 0) is 13.1 Å². The van der Waals surface area contributed by atoms with Crippen molar-refractivity contribution in [2.24, 2.45) is 0 Å². The smallest absolute Gasteiger partial charge is 0.328 e. The van der Waals surface area contributed by atoms with Crippen LogP contribution in [0.3, 0.4) is 0 Å². The first-order valence-electron chi connectivity index (χ1n) is 11.7. The van der Waals surface area contributed by atoms with Gasteiger partial charge in [0.15, 0.2) is 11.5 Å². The van der Waals surface area contributed by atoms with Gasteiger partial charge in [0.05, 0.1) is 6.33 Å². The molecule has 0 fully saturated rings. The fraction of sp³-hybridized carbons (Fsp3) is 0.609. The van der Waals surface area contributed by atoms with Crippen LogP contribution in [0.25, 0.3) is 11.2 Å². The molecule has 0 amide bonds. The second-order valence-corrected chi connectivity index (χ2v) is 8.38. The lowest BCUT2D eigenvalue weighted by Gasteiger charge is -2.06. The molecule has 9 nitrogen and oxygen atoms in total. The zero-order valence-electron chi connectivity index (χ0n) is 19.3. The van der Waals surface area contributed by atoms with Gasteiger partial charge < -0.3 is 14.5 Å². The van der Waals surface area contributed by atoms with Gasteiger partial charge in [-0.3, -0.25) is 9.78 Å². The van der Waals surface area contributed by atoms with Crippen LogP contribution in [0.4, 0.5) is 5.82 Å². The van der Waals surface area contributed by atoms with E-state index >= 15 is 0 Å². The summed E-state index contributed by atoms with van der Waals surface area (Å²) >= 11 is 0. The van der Waals surface area contributed by atoms with E-state index in [1.165, 1.54) is 44.9 Å². The summed E-state index contributed by atoms with van der Waals surface area (Å²) in [7, 11) is 1.85. The number of nitrogens with one attached hydrogen (secondary N) is 2. The first kappa shape index (κ1) is 23.7. The number of imidazole rings is 1. The van der Waals surface area contributed by atoms with E-state index in [1.807, 2.05) is 13.4 Å². The molecule has 0 aliphatic heterocycles. The van der Waals surface area contributed by atoms with E-state index in [4.69, 9.17) is 0 Å². The van der Waals surface area contributed by atoms with Crippen LogP contribution < -0.4 is 16.6 Å². The number of fused-ring (bicyclic) bond motifs is 1. The zero-order valence-corrected chi connectivity index (χ0v) is 19.3. The van der Waals surface area contributed by atoms with Crippen molar-refractivity contribution < 1.29 is 0 Å². The van der Waals surface area contributed by atoms with Crippen molar-refractivity contribution in [1.29, 1.82) is 0 Å². The Morgan fingerprint density at radius 1 is 0.844 bits per heavy atom. The van der Waals surface area contributed by atoms with Gasteiger partial charge in [0.25, 0.3) is 5.56 Å². The molecule has 0 aliphatic rings. The van der Waals surface area contributed by atoms with Crippen molar-refractivity contribution in [3.63, 3.8) is 0 Å². The normalized spacial score (nSPS) is 11.3. The molecule has 3 aromatic rings. The predicted molar refractivity (Wildman–Crippen MR) is 127 cm³/mol. The lowest BCUT2D eigenvalue weighted by Crippen LogP contribution is -2.30. The van der Waals surface area contributed by atoms with Crippen LogP contribution >= 0.6 is 0 Å². The molecule has 3 rings (SSSR count). The van der Waals surface area contributed by atoms with Crippen LogP contribution in [0.1, 0.15) is 69.8 Å². The summed E-state index contributed by atoms with van der Waals surface area (Å²) in [4.78, 5) is 38.5. The van der Waals surface area contributed by atoms with E-state index in [-0.39, 0.29) is 11.2 Å². The molecule has 0 unspecified atom stereocenters. The Kier molecular flexibility index (Phi) is 9.01. The van der Waals surface area contributed by atoms with Gasteiger partial charge in [0, 0.05) is 31.9 Å². The highest BCUT2D eigenvalue weighted by atomic mass is 16.2. The lowest BCUT2D eigenvalue weighted by atomic mass is 10.1. The average Bonchev–Trinajstić information content (AvgIpc) is 3.21. The Bertz CT molecular complexity index is 1100. The second kappa shape index (κ2) is 12.2. The number of aromatic amines is 1. The molecule has 174 valence electrons. The van der Waals surface area contributed by atoms with Crippen LogP contribution in [0, 0.1) is 6.92 Å². The average molecular weight is 442 g/mol. The molecule has 0 saturated heterocycles. The Morgan fingerprint density at radius 2 is 1.44 bits per heavy atom. The van der Waals surface area contributed by atoms with Gasteiger partial charge in [-0.05, 0) is 19.8 Å². The number of hydrogen-bond acceptors (Lipinski definition) is 6. The minimum absolute atomic E-state index is 0.292. The summed E-state index contributed by atoms with van der Waals surface area (Å²) in [5.74, 6) is 0.772. The number of aromatic nitrogens is 6. The Hall–Kier alpha value is -2.97. The van der Waals surface area contributed by atoms with Gasteiger partial charge in [-0.25, -0.2) is 19.7 Å². The van der Waals surface area contributed by atoms with Crippen LogP contribution in [0.2, 0.25) is 0 Å². The Labute approximate surface area is 188 Å². The van der Waals surface area contributed by atoms with Crippen LogP contribution in [0.5, 0.6) is 0 Å². The summed E-state index contributed by atoms with van der Waals surface area (Å²) in [6.07, 6.45) is 17.1. The molecule has 9 heteroatoms. The van der Waals surface area contributed by atoms with Gasteiger partial charge in [-0.15, -0.1) is 0 Å². The maximum atomic E-state index is 11.8. The predicted octanol–water partition coefficient (Wildman–Crippen LogP) is 3.63. The molecule has 0 bridgehead atoms. The number of rotatable bonds is 14. The van der Waals surface area contributed by atoms with E-state index < -0.39 is 0 Å². The van der Waals surface area contributed by atoms with Crippen molar-refractivity contribution in [3.8, 4) is 0 Å². The molecule has 3 aromatic heterocycles. The van der Waals surface area contributed by atoms with Crippen molar-refractivity contribution in [2.75, 3.05) is 12.4 Å². The SMILES string of the molecule is CNc1ncnc2c1ncn2CCCCCCCCCCCCn1cc(C)c(=O)[nH]c1=O. The third-order valence-electron chi connectivity index (χ3n) is 5.88. The number of H-pyrrole nitrogens is 1. The third kappa shape index (κ3) is 6.51. The highest BCUT2D eigenvalue weighted by molar-refractivity contribution is 5.82. The Morgan fingerprint density at radius 3 is 2.06 bits per heavy atom. The molecule has 0 spiro atoms. The number of unbranched alkanes of at least 4 members (excludes halogenated alkanes) is 9. The number of hydrogen-bond donors (Lipinski definition) is 2. The van der Waals surface area contributed by atoms with Crippen LogP contribution in [-0.4, -0.2) is 36.1 Å². The van der Waals surface area contributed by atoms with E-state index in [1.54, 1.807) is 24.0 Å². The van der Waals surface area contributed by atoms with Gasteiger partial charge in [0.2, 0.25) is 0 Å². The number of nitrogens with zero attached hydrogens (tertiary/aromatic N) is 5. The monoisotopic (exact) mass is 441 g/mol. The molecule has 3 heterocycles. The van der Waals surface area contributed by atoms with Gasteiger partial charge in [0.1, 0.15) is 11.8 Å². The summed E-state index contributed by atoms with van der Waals surface area (Å²) in [6.45, 7) is 3.34. The zero-order chi connectivity index (χ0) is 22.8. The minimum Gasteiger partial charge on any atom is -0.371 e. The molecule has 0 saturated carbocycles. The lowest BCUT2D eigenvalue weighted by molar-refractivity contribution is 0.517. The maximum Gasteiger partial charge on any atom is 0.328 e. The summed E-state index contributed by atoms with van der Waals surface area (Å²) < 4.78 is 3.72. The summed E-state index contributed by atoms with van der Waals surface area (Å²) in [5.41, 5.74) is 1.71. The number of anilines is 1. The first-order chi connectivity index (χ1) is 15.6. The van der Waals surface area contributed by atoms with E-state index in [0.29, 0.717) is 12.1 Å². The fourth-order valence-electron chi connectivity index (χ4n) is 3.99. The molecule has 0 aliphatic carbocycles. The topological polar surface area (TPSA) is 110 Å². The highest BCUT2D eigenvalue weighted by Gasteiger charge is 2.08. The third-order valence-corrected chi connectivity index (χ3v) is 5.88. The van der Waals surface area contributed by atoms with Crippen molar-refractivity contribution in [3.05, 3.63) is 45.3 Å².